The maximum Gasteiger partial charge on any atom is 0.269 e. The number of nitrogens with one attached hydrogen (secondary N) is 1. The summed E-state index contributed by atoms with van der Waals surface area (Å²) >= 11 is 0. The van der Waals surface area contributed by atoms with Crippen LogP contribution in [-0.4, -0.2) is 23.3 Å². The van der Waals surface area contributed by atoms with Gasteiger partial charge in [0, 0.05) is 18.4 Å². The second-order valence-corrected chi connectivity index (χ2v) is 5.45. The number of hydrogen-bond acceptors (Lipinski definition) is 4. The van der Waals surface area contributed by atoms with Crippen molar-refractivity contribution >= 4 is 22.8 Å². The molecular formula is C15H17N3O3. The molecule has 3 N–H and O–H groups in total. The Kier molecular flexibility index (Phi) is 3.39. The number of likely N-dealkylation sites (tertiary alicyclic amines) is 1. The minimum absolute atomic E-state index is 0.0852. The topological polar surface area (TPSA) is 88.6 Å². The quantitative estimate of drug-likeness (QED) is 0.507. The molecule has 110 valence electrons. The Labute approximate surface area is 121 Å². The second kappa shape index (κ2) is 5.21. The molecule has 0 saturated carbocycles. The molecule has 0 radical (unpaired) electrons. The normalized spacial score (nSPS) is 18.5. The molecular weight excluding hydrogens is 270 g/mol. The number of nitrogen functional groups attached to an aromatic ring is 1. The first kappa shape index (κ1) is 13.6. The molecule has 21 heavy (non-hydrogen) atoms. The maximum atomic E-state index is 12.0. The highest BCUT2D eigenvalue weighted by atomic mass is 16.3. The van der Waals surface area contributed by atoms with Crippen LogP contribution in [-0.2, 0) is 11.3 Å². The fraction of sp³-hybridized carbons (Fsp3) is 0.333. The molecule has 3 rings (SSSR count). The van der Waals surface area contributed by atoms with Gasteiger partial charge in [-0.1, -0.05) is 25.1 Å². The van der Waals surface area contributed by atoms with Gasteiger partial charge in [0.25, 0.3) is 5.91 Å². The summed E-state index contributed by atoms with van der Waals surface area (Å²) in [5.41, 5.74) is 3.16. The molecule has 0 spiro atoms. The molecule has 1 unspecified atom stereocenters. The van der Waals surface area contributed by atoms with E-state index in [-0.39, 0.29) is 5.91 Å². The van der Waals surface area contributed by atoms with Crippen LogP contribution >= 0.6 is 0 Å². The van der Waals surface area contributed by atoms with Gasteiger partial charge in [0.05, 0.1) is 12.1 Å². The Balaban J connectivity index is 2.01. The smallest absolute Gasteiger partial charge is 0.269 e. The first-order valence-electron chi connectivity index (χ1n) is 6.89. The summed E-state index contributed by atoms with van der Waals surface area (Å²) in [5, 5.41) is 0.704. The molecule has 6 heteroatoms. The van der Waals surface area contributed by atoms with Crippen LogP contribution in [0.2, 0.25) is 0 Å². The highest BCUT2D eigenvalue weighted by Crippen LogP contribution is 2.28. The Morgan fingerprint density at radius 1 is 1.48 bits per heavy atom. The van der Waals surface area contributed by atoms with Crippen molar-refractivity contribution in [2.24, 2.45) is 11.8 Å². The van der Waals surface area contributed by atoms with Gasteiger partial charge in [-0.25, -0.2) is 5.84 Å². The summed E-state index contributed by atoms with van der Waals surface area (Å²) in [6, 6.07) is 7.27. The molecule has 2 heterocycles. The van der Waals surface area contributed by atoms with E-state index >= 15 is 0 Å². The van der Waals surface area contributed by atoms with E-state index in [9.17, 15) is 9.59 Å². The van der Waals surface area contributed by atoms with Gasteiger partial charge in [0.15, 0.2) is 0 Å². The lowest BCUT2D eigenvalue weighted by Gasteiger charge is -2.15. The van der Waals surface area contributed by atoms with Crippen LogP contribution in [0.4, 0.5) is 0 Å². The van der Waals surface area contributed by atoms with Gasteiger partial charge in [0.2, 0.25) is 5.91 Å². The first-order valence-corrected chi connectivity index (χ1v) is 6.89. The number of carbonyl (C=O) groups excluding carboxylic acids is 2. The summed E-state index contributed by atoms with van der Waals surface area (Å²) in [7, 11) is 0. The summed E-state index contributed by atoms with van der Waals surface area (Å²) in [6.07, 6.45) is 0.540. The van der Waals surface area contributed by atoms with Crippen molar-refractivity contribution in [1.29, 1.82) is 0 Å². The number of furan rings is 1. The molecule has 0 bridgehead atoms. The van der Waals surface area contributed by atoms with Crippen molar-refractivity contribution in [3.05, 3.63) is 35.6 Å². The van der Waals surface area contributed by atoms with Crippen molar-refractivity contribution in [1.82, 2.24) is 10.3 Å². The highest BCUT2D eigenvalue weighted by molar-refractivity contribution is 6.07. The van der Waals surface area contributed by atoms with Crippen LogP contribution in [0.15, 0.2) is 28.7 Å². The van der Waals surface area contributed by atoms with Crippen LogP contribution in [0.25, 0.3) is 11.0 Å². The number of nitrogens with zero attached hydrogens (tertiary/aromatic N) is 1. The number of rotatable bonds is 3. The largest absolute Gasteiger partial charge is 0.458 e. The monoisotopic (exact) mass is 287 g/mol. The lowest BCUT2D eigenvalue weighted by atomic mass is 10.1. The highest BCUT2D eigenvalue weighted by Gasteiger charge is 2.29. The number of carbonyl (C=O) groups is 2. The van der Waals surface area contributed by atoms with Gasteiger partial charge in [-0.3, -0.25) is 15.0 Å². The average Bonchev–Trinajstić information content (AvgIpc) is 2.98. The minimum Gasteiger partial charge on any atom is -0.458 e. The number of amides is 2. The third kappa shape index (κ3) is 2.38. The molecule has 1 aromatic heterocycles. The number of hydrogen-bond donors (Lipinski definition) is 2. The standard InChI is InChI=1S/C15H17N3O3/c1-9-6-13(19)18(7-9)8-12-14(15(20)17-16)10-4-2-3-5-11(10)21-12/h2-5,9H,6-8,16H2,1H3,(H,17,20). The Hall–Kier alpha value is -2.34. The Morgan fingerprint density at radius 2 is 2.24 bits per heavy atom. The van der Waals surface area contributed by atoms with Crippen molar-refractivity contribution in [2.45, 2.75) is 19.9 Å². The molecule has 2 aromatic rings. The van der Waals surface area contributed by atoms with E-state index in [0.717, 1.165) is 0 Å². The van der Waals surface area contributed by atoms with Crippen molar-refractivity contribution < 1.29 is 14.0 Å². The number of hydrazine groups is 1. The van der Waals surface area contributed by atoms with E-state index in [0.29, 0.717) is 47.7 Å². The molecule has 1 aliphatic rings. The van der Waals surface area contributed by atoms with Gasteiger partial charge in [-0.2, -0.15) is 0 Å². The number of nitrogens with two attached hydrogens (primary N) is 1. The molecule has 1 aromatic carbocycles. The van der Waals surface area contributed by atoms with E-state index in [4.69, 9.17) is 10.3 Å². The molecule has 1 aliphatic heterocycles. The third-order valence-corrected chi connectivity index (χ3v) is 3.77. The zero-order chi connectivity index (χ0) is 15.0. The summed E-state index contributed by atoms with van der Waals surface area (Å²) in [4.78, 5) is 25.7. The number of benzene rings is 1. The zero-order valence-electron chi connectivity index (χ0n) is 11.8. The fourth-order valence-electron chi connectivity index (χ4n) is 2.82. The van der Waals surface area contributed by atoms with Crippen LogP contribution in [0.1, 0.15) is 29.5 Å². The third-order valence-electron chi connectivity index (χ3n) is 3.77. The van der Waals surface area contributed by atoms with E-state index in [1.165, 1.54) is 0 Å². The SMILES string of the molecule is CC1CC(=O)N(Cc2oc3ccccc3c2C(=O)NN)C1. The van der Waals surface area contributed by atoms with Crippen molar-refractivity contribution in [2.75, 3.05) is 6.54 Å². The van der Waals surface area contributed by atoms with Gasteiger partial charge < -0.3 is 9.32 Å². The fourth-order valence-corrected chi connectivity index (χ4v) is 2.82. The van der Waals surface area contributed by atoms with E-state index < -0.39 is 5.91 Å². The summed E-state index contributed by atoms with van der Waals surface area (Å²) in [5.74, 6) is 5.74. The van der Waals surface area contributed by atoms with Gasteiger partial charge in [-0.15, -0.1) is 0 Å². The van der Waals surface area contributed by atoms with E-state index in [2.05, 4.69) is 5.43 Å². The van der Waals surface area contributed by atoms with Gasteiger partial charge in [0.1, 0.15) is 11.3 Å². The van der Waals surface area contributed by atoms with Crippen LogP contribution in [0.3, 0.4) is 0 Å². The van der Waals surface area contributed by atoms with Crippen LogP contribution in [0, 0.1) is 5.92 Å². The molecule has 2 amide bonds. The predicted octanol–water partition coefficient (Wildman–Crippen LogP) is 1.40. The molecule has 1 saturated heterocycles. The summed E-state index contributed by atoms with van der Waals surface area (Å²) in [6.45, 7) is 3.00. The van der Waals surface area contributed by atoms with Gasteiger partial charge in [-0.05, 0) is 12.0 Å². The summed E-state index contributed by atoms with van der Waals surface area (Å²) < 4.78 is 5.76. The van der Waals surface area contributed by atoms with Crippen LogP contribution in [0.5, 0.6) is 0 Å². The second-order valence-electron chi connectivity index (χ2n) is 5.45. The Bertz CT molecular complexity index is 707. The van der Waals surface area contributed by atoms with Crippen LogP contribution < -0.4 is 11.3 Å². The van der Waals surface area contributed by atoms with Gasteiger partial charge >= 0.3 is 0 Å². The molecule has 1 fully saturated rings. The minimum atomic E-state index is -0.408. The number of para-hydroxylation sites is 1. The zero-order valence-corrected chi connectivity index (χ0v) is 11.8. The molecule has 6 nitrogen and oxygen atoms in total. The first-order chi connectivity index (χ1) is 10.1. The lowest BCUT2D eigenvalue weighted by molar-refractivity contribution is -0.128. The van der Waals surface area contributed by atoms with Crippen molar-refractivity contribution in [3.8, 4) is 0 Å². The van der Waals surface area contributed by atoms with Crippen molar-refractivity contribution in [3.63, 3.8) is 0 Å². The average molecular weight is 287 g/mol. The molecule has 1 atom stereocenters. The number of fused-ring (bicyclic) bond motifs is 1. The van der Waals surface area contributed by atoms with E-state index in [1.54, 1.807) is 17.0 Å². The Morgan fingerprint density at radius 3 is 2.90 bits per heavy atom. The maximum absolute atomic E-state index is 12.0. The lowest BCUT2D eigenvalue weighted by Crippen LogP contribution is -2.31. The predicted molar refractivity (Wildman–Crippen MR) is 77.1 cm³/mol. The molecule has 0 aliphatic carbocycles. The van der Waals surface area contributed by atoms with E-state index in [1.807, 2.05) is 19.1 Å².